The number of carbonyl (C=O) groups is 2. The molecule has 0 aromatic heterocycles. The predicted octanol–water partition coefficient (Wildman–Crippen LogP) is 5.09. The number of nitrogens with zero attached hydrogens (tertiary/aromatic N) is 2. The zero-order valence-corrected chi connectivity index (χ0v) is 18.9. The summed E-state index contributed by atoms with van der Waals surface area (Å²) in [5.74, 6) is -1.27. The number of nitrogens with two attached hydrogens (primary N) is 1. The standard InChI is InChI=1S/C23H17Cl3N4O2/c24-13-6-4-12(5-7-13)23(32)29-30-18-2-1-3-19(31)21(18)20(16(11-27)22(30)28)15-9-8-14(25)10-17(15)26/h4-10,20H,1-3,28H2,(H,29,32). The minimum absolute atomic E-state index is 0.0410. The van der Waals surface area contributed by atoms with Crippen LogP contribution in [0.1, 0.15) is 41.1 Å². The van der Waals surface area contributed by atoms with Gasteiger partial charge in [0, 0.05) is 38.3 Å². The smallest absolute Gasteiger partial charge is 0.270 e. The van der Waals surface area contributed by atoms with Gasteiger partial charge in [0.1, 0.15) is 5.82 Å². The maximum Gasteiger partial charge on any atom is 0.270 e. The fourth-order valence-corrected chi connectivity index (χ4v) is 4.67. The number of rotatable bonds is 3. The summed E-state index contributed by atoms with van der Waals surface area (Å²) in [6, 6.07) is 13.4. The lowest BCUT2D eigenvalue weighted by Crippen LogP contribution is -2.48. The van der Waals surface area contributed by atoms with Crippen LogP contribution >= 0.6 is 34.8 Å². The van der Waals surface area contributed by atoms with Crippen molar-refractivity contribution in [3.63, 3.8) is 0 Å². The molecule has 1 aliphatic heterocycles. The topological polar surface area (TPSA) is 99.2 Å². The average Bonchev–Trinajstić information content (AvgIpc) is 2.76. The number of Topliss-reactive ketones (excluding diaryl/α,β-unsaturated/α-hetero) is 1. The zero-order valence-electron chi connectivity index (χ0n) is 16.7. The summed E-state index contributed by atoms with van der Waals surface area (Å²) in [5.41, 5.74) is 11.1. The third-order valence-corrected chi connectivity index (χ3v) is 6.32. The number of benzene rings is 2. The first-order chi connectivity index (χ1) is 15.3. The second kappa shape index (κ2) is 8.87. The van der Waals surface area contributed by atoms with E-state index in [1.807, 2.05) is 0 Å². The van der Waals surface area contributed by atoms with E-state index in [9.17, 15) is 14.9 Å². The highest BCUT2D eigenvalue weighted by molar-refractivity contribution is 6.35. The van der Waals surface area contributed by atoms with Crippen LogP contribution in [-0.4, -0.2) is 16.7 Å². The molecule has 1 unspecified atom stereocenters. The van der Waals surface area contributed by atoms with E-state index in [-0.39, 0.29) is 17.2 Å². The van der Waals surface area contributed by atoms with Crippen molar-refractivity contribution in [1.82, 2.24) is 10.4 Å². The van der Waals surface area contributed by atoms with Crippen molar-refractivity contribution in [2.45, 2.75) is 25.2 Å². The lowest BCUT2D eigenvalue weighted by Gasteiger charge is -2.39. The van der Waals surface area contributed by atoms with Crippen LogP contribution in [-0.2, 0) is 4.79 Å². The Morgan fingerprint density at radius 2 is 1.78 bits per heavy atom. The van der Waals surface area contributed by atoms with Crippen molar-refractivity contribution < 1.29 is 9.59 Å². The first kappa shape index (κ1) is 22.2. The highest BCUT2D eigenvalue weighted by Gasteiger charge is 2.41. The van der Waals surface area contributed by atoms with Crippen molar-refractivity contribution in [2.24, 2.45) is 5.73 Å². The molecule has 1 amide bonds. The van der Waals surface area contributed by atoms with E-state index in [1.54, 1.807) is 42.5 Å². The fourth-order valence-electron chi connectivity index (χ4n) is 4.03. The number of ketones is 1. The number of allylic oxidation sites excluding steroid dienone is 3. The van der Waals surface area contributed by atoms with Gasteiger partial charge in [0.2, 0.25) is 0 Å². The summed E-state index contributed by atoms with van der Waals surface area (Å²) < 4.78 is 0. The molecule has 1 aliphatic carbocycles. The molecule has 0 saturated heterocycles. The Hall–Kier alpha value is -2.98. The summed E-state index contributed by atoms with van der Waals surface area (Å²) in [5, 5.41) is 12.6. The Labute approximate surface area is 199 Å². The number of amides is 1. The van der Waals surface area contributed by atoms with E-state index in [0.717, 1.165) is 0 Å². The molecule has 3 N–H and O–H groups in total. The first-order valence-corrected chi connectivity index (χ1v) is 10.9. The number of nitrogens with one attached hydrogen (secondary N) is 1. The maximum absolute atomic E-state index is 13.0. The van der Waals surface area contributed by atoms with Crippen molar-refractivity contribution in [2.75, 3.05) is 0 Å². The third-order valence-electron chi connectivity index (χ3n) is 5.51. The van der Waals surface area contributed by atoms with Crippen LogP contribution < -0.4 is 11.2 Å². The van der Waals surface area contributed by atoms with Crippen molar-refractivity contribution >= 4 is 46.5 Å². The van der Waals surface area contributed by atoms with Gasteiger partial charge in [-0.25, -0.2) is 5.01 Å². The maximum atomic E-state index is 13.0. The molecule has 9 heteroatoms. The second-order valence-corrected chi connectivity index (χ2v) is 8.71. The molecule has 0 bridgehead atoms. The van der Waals surface area contributed by atoms with Crippen molar-refractivity contribution in [1.29, 1.82) is 5.26 Å². The highest BCUT2D eigenvalue weighted by atomic mass is 35.5. The monoisotopic (exact) mass is 486 g/mol. The van der Waals surface area contributed by atoms with Gasteiger partial charge in [-0.05, 0) is 54.8 Å². The van der Waals surface area contributed by atoms with Crippen LogP contribution in [0.15, 0.2) is 65.1 Å². The van der Waals surface area contributed by atoms with Crippen molar-refractivity contribution in [3.8, 4) is 6.07 Å². The summed E-state index contributed by atoms with van der Waals surface area (Å²) in [6.07, 6.45) is 1.43. The molecule has 2 aromatic carbocycles. The van der Waals surface area contributed by atoms with Gasteiger partial charge in [0.25, 0.3) is 5.91 Å². The molecule has 32 heavy (non-hydrogen) atoms. The van der Waals surface area contributed by atoms with Crippen LogP contribution in [0, 0.1) is 11.3 Å². The van der Waals surface area contributed by atoms with Crippen LogP contribution in [0.4, 0.5) is 0 Å². The van der Waals surface area contributed by atoms with Gasteiger partial charge in [-0.2, -0.15) is 5.26 Å². The molecule has 6 nitrogen and oxygen atoms in total. The molecule has 0 radical (unpaired) electrons. The molecule has 1 atom stereocenters. The summed E-state index contributed by atoms with van der Waals surface area (Å²) >= 11 is 18.4. The predicted molar refractivity (Wildman–Crippen MR) is 123 cm³/mol. The Balaban J connectivity index is 1.82. The average molecular weight is 488 g/mol. The summed E-state index contributed by atoms with van der Waals surface area (Å²) in [6.45, 7) is 0. The van der Waals surface area contributed by atoms with E-state index in [4.69, 9.17) is 40.5 Å². The largest absolute Gasteiger partial charge is 0.383 e. The molecule has 0 spiro atoms. The van der Waals surface area contributed by atoms with Crippen LogP contribution in [0.5, 0.6) is 0 Å². The van der Waals surface area contributed by atoms with Crippen LogP contribution in [0.25, 0.3) is 0 Å². The van der Waals surface area contributed by atoms with Gasteiger partial charge < -0.3 is 5.73 Å². The van der Waals surface area contributed by atoms with Crippen LogP contribution in [0.2, 0.25) is 15.1 Å². The van der Waals surface area contributed by atoms with Gasteiger partial charge in [-0.1, -0.05) is 40.9 Å². The molecule has 0 fully saturated rings. The fraction of sp³-hybridized carbons (Fsp3) is 0.174. The van der Waals surface area contributed by atoms with Gasteiger partial charge >= 0.3 is 0 Å². The molecule has 2 aromatic rings. The molecule has 0 saturated carbocycles. The van der Waals surface area contributed by atoms with Crippen molar-refractivity contribution in [3.05, 3.63) is 91.3 Å². The molecule has 1 heterocycles. The lowest BCUT2D eigenvalue weighted by molar-refractivity contribution is -0.116. The van der Waals surface area contributed by atoms with E-state index in [1.165, 1.54) is 5.01 Å². The zero-order chi connectivity index (χ0) is 23.0. The Kier molecular flexibility index (Phi) is 6.16. The van der Waals surface area contributed by atoms with E-state index >= 15 is 0 Å². The number of halogens is 3. The number of nitriles is 1. The van der Waals surface area contributed by atoms with Gasteiger partial charge in [0.15, 0.2) is 5.78 Å². The van der Waals surface area contributed by atoms with Gasteiger partial charge in [-0.3, -0.25) is 15.0 Å². The van der Waals surface area contributed by atoms with E-state index < -0.39 is 11.8 Å². The molecule has 162 valence electrons. The Bertz CT molecular complexity index is 1230. The SMILES string of the molecule is N#CC1=C(N)N(NC(=O)c2ccc(Cl)cc2)C2=C(C(=O)CCC2)C1c1ccc(Cl)cc1Cl. The van der Waals surface area contributed by atoms with Gasteiger partial charge in [-0.15, -0.1) is 0 Å². The number of hydrazine groups is 1. The van der Waals surface area contributed by atoms with Crippen LogP contribution in [0.3, 0.4) is 0 Å². The minimum atomic E-state index is -0.740. The van der Waals surface area contributed by atoms with Gasteiger partial charge in [0.05, 0.1) is 17.6 Å². The Morgan fingerprint density at radius 1 is 1.09 bits per heavy atom. The molecular weight excluding hydrogens is 471 g/mol. The number of hydrogen-bond acceptors (Lipinski definition) is 5. The molecule has 2 aliphatic rings. The molecule has 4 rings (SSSR count). The third kappa shape index (κ3) is 3.95. The minimum Gasteiger partial charge on any atom is -0.383 e. The number of carbonyl (C=O) groups excluding carboxylic acids is 2. The highest BCUT2D eigenvalue weighted by Crippen LogP contribution is 2.46. The van der Waals surface area contributed by atoms with E-state index in [0.29, 0.717) is 56.7 Å². The summed E-state index contributed by atoms with van der Waals surface area (Å²) in [4.78, 5) is 25.9. The van der Waals surface area contributed by atoms with E-state index in [2.05, 4.69) is 11.5 Å². The second-order valence-electron chi connectivity index (χ2n) is 7.43. The lowest BCUT2D eigenvalue weighted by atomic mass is 9.76. The first-order valence-electron chi connectivity index (χ1n) is 9.79. The quantitative estimate of drug-likeness (QED) is 0.628. The molecular formula is C23H17Cl3N4O2. The number of hydrogen-bond donors (Lipinski definition) is 2. The Morgan fingerprint density at radius 3 is 2.44 bits per heavy atom. The normalized spacial score (nSPS) is 18.4. The summed E-state index contributed by atoms with van der Waals surface area (Å²) in [7, 11) is 0.